The zero-order valence-corrected chi connectivity index (χ0v) is 13.6. The van der Waals surface area contributed by atoms with Gasteiger partial charge in [-0.3, -0.25) is 4.90 Å². The maximum Gasteiger partial charge on any atom is 0.401 e. The molecule has 0 amide bonds. The van der Waals surface area contributed by atoms with Crippen molar-refractivity contribution in [1.82, 2.24) is 10.2 Å². The molecule has 0 aliphatic carbocycles. The van der Waals surface area contributed by atoms with Crippen LogP contribution in [0.25, 0.3) is 0 Å². The molecule has 0 rings (SSSR count). The maximum atomic E-state index is 12.6. The molecule has 20 heavy (non-hydrogen) atoms. The van der Waals surface area contributed by atoms with Crippen LogP contribution in [0.5, 0.6) is 0 Å². The summed E-state index contributed by atoms with van der Waals surface area (Å²) in [7, 11) is 0. The molecule has 1 N–H and O–H groups in total. The van der Waals surface area contributed by atoms with Crippen LogP contribution in [0.15, 0.2) is 0 Å². The molecule has 2 nitrogen and oxygen atoms in total. The molecule has 0 unspecified atom stereocenters. The fourth-order valence-corrected chi connectivity index (χ4v) is 2.41. The normalized spacial score (nSPS) is 13.5. The Kier molecular flexibility index (Phi) is 8.75. The summed E-state index contributed by atoms with van der Waals surface area (Å²) in [4.78, 5) is 1.52. The largest absolute Gasteiger partial charge is 0.401 e. The molecular formula is C15H31F3N2. The van der Waals surface area contributed by atoms with Gasteiger partial charge in [0, 0.05) is 13.1 Å². The fraction of sp³-hybridized carbons (Fsp3) is 1.00. The van der Waals surface area contributed by atoms with Gasteiger partial charge >= 0.3 is 6.18 Å². The molecule has 5 heteroatoms. The number of hydrogen-bond acceptors (Lipinski definition) is 2. The van der Waals surface area contributed by atoms with Crippen molar-refractivity contribution in [2.45, 2.75) is 53.6 Å². The highest BCUT2D eigenvalue weighted by Crippen LogP contribution is 2.28. The molecule has 0 fully saturated rings. The summed E-state index contributed by atoms with van der Waals surface area (Å²) < 4.78 is 37.7. The van der Waals surface area contributed by atoms with Crippen molar-refractivity contribution < 1.29 is 13.2 Å². The highest BCUT2D eigenvalue weighted by atomic mass is 19.4. The van der Waals surface area contributed by atoms with E-state index >= 15 is 0 Å². The van der Waals surface area contributed by atoms with Crippen LogP contribution in [0, 0.1) is 11.3 Å². The third kappa shape index (κ3) is 8.10. The van der Waals surface area contributed by atoms with Gasteiger partial charge in [0.25, 0.3) is 0 Å². The lowest BCUT2D eigenvalue weighted by atomic mass is 9.81. The van der Waals surface area contributed by atoms with Gasteiger partial charge in [-0.15, -0.1) is 0 Å². The summed E-state index contributed by atoms with van der Waals surface area (Å²) in [6.07, 6.45) is -2.33. The van der Waals surface area contributed by atoms with E-state index in [2.05, 4.69) is 33.0 Å². The zero-order chi connectivity index (χ0) is 15.8. The van der Waals surface area contributed by atoms with Crippen molar-refractivity contribution in [3.05, 3.63) is 0 Å². The minimum absolute atomic E-state index is 0.0733. The van der Waals surface area contributed by atoms with Crippen LogP contribution < -0.4 is 5.32 Å². The van der Waals surface area contributed by atoms with E-state index in [1.54, 1.807) is 6.92 Å². The van der Waals surface area contributed by atoms with E-state index in [1.807, 2.05) is 0 Å². The molecule has 0 aromatic heterocycles. The quantitative estimate of drug-likeness (QED) is 0.657. The molecule has 0 aliphatic rings. The van der Waals surface area contributed by atoms with Crippen molar-refractivity contribution in [2.75, 3.05) is 32.7 Å². The van der Waals surface area contributed by atoms with E-state index in [4.69, 9.17) is 0 Å². The minimum Gasteiger partial charge on any atom is -0.316 e. The van der Waals surface area contributed by atoms with Gasteiger partial charge in [0.15, 0.2) is 0 Å². The topological polar surface area (TPSA) is 15.3 Å². The number of nitrogens with zero attached hydrogens (tertiary/aromatic N) is 1. The monoisotopic (exact) mass is 296 g/mol. The van der Waals surface area contributed by atoms with Crippen LogP contribution >= 0.6 is 0 Å². The zero-order valence-electron chi connectivity index (χ0n) is 13.6. The highest BCUT2D eigenvalue weighted by molar-refractivity contribution is 4.83. The lowest BCUT2D eigenvalue weighted by Gasteiger charge is -2.37. The Morgan fingerprint density at radius 1 is 1.00 bits per heavy atom. The molecule has 0 heterocycles. The summed E-state index contributed by atoms with van der Waals surface area (Å²) in [6, 6.07) is 0. The van der Waals surface area contributed by atoms with Crippen LogP contribution in [-0.2, 0) is 0 Å². The fourth-order valence-electron chi connectivity index (χ4n) is 2.41. The molecule has 122 valence electrons. The molecule has 0 saturated carbocycles. The number of hydrogen-bond donors (Lipinski definition) is 1. The average molecular weight is 296 g/mol. The summed E-state index contributed by atoms with van der Waals surface area (Å²) in [5.74, 6) is 0.555. The van der Waals surface area contributed by atoms with E-state index in [-0.39, 0.29) is 5.41 Å². The lowest BCUT2D eigenvalue weighted by molar-refractivity contribution is -0.148. The number of rotatable bonds is 10. The van der Waals surface area contributed by atoms with Gasteiger partial charge in [-0.25, -0.2) is 0 Å². The predicted molar refractivity (Wildman–Crippen MR) is 78.9 cm³/mol. The van der Waals surface area contributed by atoms with Crippen molar-refractivity contribution in [2.24, 2.45) is 11.3 Å². The second kappa shape index (κ2) is 8.88. The van der Waals surface area contributed by atoms with E-state index in [0.717, 1.165) is 25.9 Å². The summed E-state index contributed by atoms with van der Waals surface area (Å²) >= 11 is 0. The van der Waals surface area contributed by atoms with Gasteiger partial charge in [-0.05, 0) is 37.3 Å². The van der Waals surface area contributed by atoms with E-state index in [9.17, 15) is 13.2 Å². The van der Waals surface area contributed by atoms with Gasteiger partial charge < -0.3 is 5.32 Å². The second-order valence-electron chi connectivity index (χ2n) is 6.15. The smallest absolute Gasteiger partial charge is 0.316 e. The number of alkyl halides is 3. The third-order valence-electron chi connectivity index (χ3n) is 3.96. The Balaban J connectivity index is 4.62. The van der Waals surface area contributed by atoms with Crippen molar-refractivity contribution in [3.63, 3.8) is 0 Å². The molecule has 0 bridgehead atoms. The van der Waals surface area contributed by atoms with Crippen LogP contribution in [0.2, 0.25) is 0 Å². The molecule has 0 aromatic carbocycles. The Morgan fingerprint density at radius 2 is 1.55 bits per heavy atom. The van der Waals surface area contributed by atoms with Gasteiger partial charge in [0.05, 0.1) is 6.54 Å². The Morgan fingerprint density at radius 3 is 1.90 bits per heavy atom. The molecule has 0 saturated heterocycles. The third-order valence-corrected chi connectivity index (χ3v) is 3.96. The van der Waals surface area contributed by atoms with Gasteiger partial charge in [-0.2, -0.15) is 13.2 Å². The van der Waals surface area contributed by atoms with Gasteiger partial charge in [-0.1, -0.05) is 34.6 Å². The Bertz CT molecular complexity index is 248. The first kappa shape index (κ1) is 19.7. The van der Waals surface area contributed by atoms with Gasteiger partial charge in [0.1, 0.15) is 0 Å². The predicted octanol–water partition coefficient (Wildman–Crippen LogP) is 3.92. The highest BCUT2D eigenvalue weighted by Gasteiger charge is 2.34. The first-order chi connectivity index (χ1) is 9.18. The summed E-state index contributed by atoms with van der Waals surface area (Å²) in [5.41, 5.74) is -0.0733. The Hall–Kier alpha value is -0.290. The van der Waals surface area contributed by atoms with Crippen LogP contribution in [-0.4, -0.2) is 43.8 Å². The lowest BCUT2D eigenvalue weighted by Crippen LogP contribution is -2.46. The number of halogens is 3. The molecule has 0 spiro atoms. The Labute approximate surface area is 122 Å². The number of nitrogens with one attached hydrogen (secondary N) is 1. The molecular weight excluding hydrogens is 265 g/mol. The van der Waals surface area contributed by atoms with E-state index < -0.39 is 12.7 Å². The molecule has 0 aliphatic heterocycles. The first-order valence-electron chi connectivity index (χ1n) is 7.67. The average Bonchev–Trinajstić information content (AvgIpc) is 2.34. The molecule has 0 atom stereocenters. The minimum atomic E-state index is -4.12. The summed E-state index contributed by atoms with van der Waals surface area (Å²) in [5, 5.41) is 3.41. The van der Waals surface area contributed by atoms with Crippen LogP contribution in [0.3, 0.4) is 0 Å². The maximum absolute atomic E-state index is 12.6. The van der Waals surface area contributed by atoms with E-state index in [1.165, 1.54) is 4.90 Å². The summed E-state index contributed by atoms with van der Waals surface area (Å²) in [6.45, 7) is 12.0. The van der Waals surface area contributed by atoms with Crippen LogP contribution in [0.4, 0.5) is 13.2 Å². The van der Waals surface area contributed by atoms with Crippen molar-refractivity contribution in [1.29, 1.82) is 0 Å². The SMILES string of the molecule is CCN(CC(F)(F)F)CC(CC)(CC)CNCC(C)C. The molecule has 0 radical (unpaired) electrons. The first-order valence-corrected chi connectivity index (χ1v) is 7.67. The van der Waals surface area contributed by atoms with E-state index in [0.29, 0.717) is 19.0 Å². The molecule has 0 aromatic rings. The second-order valence-corrected chi connectivity index (χ2v) is 6.15. The van der Waals surface area contributed by atoms with Gasteiger partial charge in [0.2, 0.25) is 0 Å². The standard InChI is InChI=1S/C15H31F3N2/c1-6-14(7-2,10-19-9-13(4)5)11-20(8-3)12-15(16,17)18/h13,19H,6-12H2,1-5H3. The van der Waals surface area contributed by atoms with Crippen molar-refractivity contribution in [3.8, 4) is 0 Å². The van der Waals surface area contributed by atoms with Crippen LogP contribution in [0.1, 0.15) is 47.5 Å². The van der Waals surface area contributed by atoms with Crippen molar-refractivity contribution >= 4 is 0 Å².